The monoisotopic (exact) mass is 278 g/mol. The van der Waals surface area contributed by atoms with Crippen molar-refractivity contribution < 1.29 is 4.79 Å². The Hall–Kier alpha value is -1.32. The van der Waals surface area contributed by atoms with E-state index in [4.69, 9.17) is 0 Å². The second-order valence-corrected chi connectivity index (χ2v) is 5.89. The Labute approximate surface area is 123 Å². The maximum atomic E-state index is 12.2. The molecule has 113 valence electrons. The highest BCUT2D eigenvalue weighted by atomic mass is 16.2. The Kier molecular flexibility index (Phi) is 7.34. The molecule has 0 atom stereocenters. The Bertz CT molecular complexity index is 363. The van der Waals surface area contributed by atoms with Crippen LogP contribution in [-0.4, -0.2) is 32.4 Å². The molecular weight excluding hydrogens is 250 g/mol. The van der Waals surface area contributed by atoms with E-state index in [1.165, 1.54) is 0 Å². The van der Waals surface area contributed by atoms with Gasteiger partial charge in [-0.2, -0.15) is 0 Å². The van der Waals surface area contributed by atoms with E-state index in [1.807, 2.05) is 15.7 Å². The van der Waals surface area contributed by atoms with Crippen LogP contribution in [0.25, 0.3) is 0 Å². The molecular formula is C16H28N3O. The minimum absolute atomic E-state index is 0.291. The number of rotatable bonds is 9. The summed E-state index contributed by atoms with van der Waals surface area (Å²) in [5.74, 6) is 0.291. The van der Waals surface area contributed by atoms with Gasteiger partial charge in [-0.15, -0.1) is 0 Å². The first-order chi connectivity index (χ1) is 9.52. The van der Waals surface area contributed by atoms with Crippen molar-refractivity contribution in [2.45, 2.75) is 78.4 Å². The average molecular weight is 278 g/mol. The van der Waals surface area contributed by atoms with E-state index in [1.54, 1.807) is 6.33 Å². The molecule has 1 amide bonds. The summed E-state index contributed by atoms with van der Waals surface area (Å²) < 4.78 is 2.05. The highest BCUT2D eigenvalue weighted by Gasteiger charge is 2.18. The molecule has 0 unspecified atom stereocenters. The molecule has 0 bridgehead atoms. The fraction of sp³-hybridized carbons (Fsp3) is 0.750. The lowest BCUT2D eigenvalue weighted by molar-refractivity contribution is -0.134. The van der Waals surface area contributed by atoms with Crippen molar-refractivity contribution in [1.29, 1.82) is 0 Å². The molecule has 0 aliphatic heterocycles. The van der Waals surface area contributed by atoms with Gasteiger partial charge in [-0.25, -0.2) is 4.98 Å². The van der Waals surface area contributed by atoms with E-state index < -0.39 is 0 Å². The van der Waals surface area contributed by atoms with Crippen molar-refractivity contribution in [3.8, 4) is 0 Å². The fourth-order valence-corrected chi connectivity index (χ4v) is 2.60. The molecule has 0 spiro atoms. The lowest BCUT2D eigenvalue weighted by Gasteiger charge is -2.30. The van der Waals surface area contributed by atoms with Gasteiger partial charge in [-0.05, 0) is 40.5 Å². The van der Waals surface area contributed by atoms with Crippen LogP contribution >= 0.6 is 0 Å². The first-order valence-corrected chi connectivity index (χ1v) is 7.71. The predicted molar refractivity (Wildman–Crippen MR) is 81.3 cm³/mol. The molecule has 0 N–H and O–H groups in total. The summed E-state index contributed by atoms with van der Waals surface area (Å²) in [7, 11) is 0. The molecule has 1 aromatic heterocycles. The number of nitrogens with zero attached hydrogens (tertiary/aromatic N) is 3. The summed E-state index contributed by atoms with van der Waals surface area (Å²) in [6.45, 7) is 9.33. The van der Waals surface area contributed by atoms with Crippen LogP contribution in [0, 0.1) is 6.20 Å². The van der Waals surface area contributed by atoms with Gasteiger partial charge in [0.1, 0.15) is 6.20 Å². The number of amides is 1. The molecule has 4 nitrogen and oxygen atoms in total. The molecule has 0 aliphatic carbocycles. The molecule has 0 aromatic carbocycles. The van der Waals surface area contributed by atoms with Crippen molar-refractivity contribution in [3.63, 3.8) is 0 Å². The maximum Gasteiger partial charge on any atom is 0.223 e. The van der Waals surface area contributed by atoms with Gasteiger partial charge in [0.2, 0.25) is 5.91 Å². The molecule has 1 aromatic rings. The van der Waals surface area contributed by atoms with Crippen molar-refractivity contribution in [2.75, 3.05) is 0 Å². The number of imidazole rings is 1. The van der Waals surface area contributed by atoms with Crippen LogP contribution in [0.15, 0.2) is 12.5 Å². The summed E-state index contributed by atoms with van der Waals surface area (Å²) in [5.41, 5.74) is 0. The van der Waals surface area contributed by atoms with Gasteiger partial charge < -0.3 is 9.47 Å². The normalized spacial score (nSPS) is 11.3. The Morgan fingerprint density at radius 3 is 2.35 bits per heavy atom. The molecule has 0 saturated carbocycles. The zero-order chi connectivity index (χ0) is 15.0. The molecule has 20 heavy (non-hydrogen) atoms. The highest BCUT2D eigenvalue weighted by Crippen LogP contribution is 2.11. The summed E-state index contributed by atoms with van der Waals surface area (Å²) in [6, 6.07) is 0.583. The molecule has 0 fully saturated rings. The smallest absolute Gasteiger partial charge is 0.223 e. The van der Waals surface area contributed by atoms with E-state index in [9.17, 15) is 4.79 Å². The number of aryl methyl sites for hydroxylation is 1. The first kappa shape index (κ1) is 16.7. The number of carbonyl (C=O) groups is 1. The van der Waals surface area contributed by atoms with Crippen LogP contribution in [0.3, 0.4) is 0 Å². The van der Waals surface area contributed by atoms with Gasteiger partial charge >= 0.3 is 0 Å². The Morgan fingerprint density at radius 2 is 1.80 bits per heavy atom. The van der Waals surface area contributed by atoms with Crippen molar-refractivity contribution >= 4 is 5.91 Å². The SMILES string of the molecule is CC(C)N(C(=O)CCCCCCn1c[c]nc1)C(C)C. The maximum absolute atomic E-state index is 12.2. The third-order valence-corrected chi connectivity index (χ3v) is 3.46. The highest BCUT2D eigenvalue weighted by molar-refractivity contribution is 5.76. The summed E-state index contributed by atoms with van der Waals surface area (Å²) in [4.78, 5) is 18.0. The quantitative estimate of drug-likeness (QED) is 0.650. The molecule has 1 heterocycles. The Balaban J connectivity index is 2.12. The molecule has 0 aliphatic rings. The third-order valence-electron chi connectivity index (χ3n) is 3.46. The van der Waals surface area contributed by atoms with Crippen molar-refractivity contribution in [1.82, 2.24) is 14.5 Å². The van der Waals surface area contributed by atoms with Crippen molar-refractivity contribution in [3.05, 3.63) is 18.7 Å². The Morgan fingerprint density at radius 1 is 1.15 bits per heavy atom. The van der Waals surface area contributed by atoms with Crippen LogP contribution in [0.2, 0.25) is 0 Å². The van der Waals surface area contributed by atoms with Crippen LogP contribution in [0.5, 0.6) is 0 Å². The van der Waals surface area contributed by atoms with Crippen LogP contribution in [0.1, 0.15) is 59.8 Å². The standard InChI is InChI=1S/C16H28N3O/c1-14(2)19(15(3)4)16(20)9-7-5-6-8-11-18-12-10-17-13-18/h12-15H,5-9,11H2,1-4H3. The molecule has 4 heteroatoms. The third kappa shape index (κ3) is 5.76. The summed E-state index contributed by atoms with van der Waals surface area (Å²) >= 11 is 0. The van der Waals surface area contributed by atoms with E-state index in [0.717, 1.165) is 32.2 Å². The van der Waals surface area contributed by atoms with Crippen molar-refractivity contribution in [2.24, 2.45) is 0 Å². The van der Waals surface area contributed by atoms with Gasteiger partial charge in [0.15, 0.2) is 0 Å². The molecule has 1 rings (SSSR count). The number of hydrogen-bond acceptors (Lipinski definition) is 2. The van der Waals surface area contributed by atoms with Crippen LogP contribution in [0.4, 0.5) is 0 Å². The van der Waals surface area contributed by atoms with Crippen LogP contribution < -0.4 is 0 Å². The number of unbranched alkanes of at least 4 members (excludes halogenated alkanes) is 3. The van der Waals surface area contributed by atoms with Gasteiger partial charge in [0.05, 0.1) is 6.33 Å². The second kappa shape index (κ2) is 8.77. The minimum Gasteiger partial charge on any atom is -0.338 e. The van der Waals surface area contributed by atoms with Gasteiger partial charge in [0.25, 0.3) is 0 Å². The fourth-order valence-electron chi connectivity index (χ4n) is 2.60. The van der Waals surface area contributed by atoms with Gasteiger partial charge in [0, 0.05) is 31.2 Å². The molecule has 1 radical (unpaired) electrons. The van der Waals surface area contributed by atoms with E-state index in [2.05, 4.69) is 38.9 Å². The number of aromatic nitrogens is 2. The molecule has 0 saturated heterocycles. The van der Waals surface area contributed by atoms with E-state index in [-0.39, 0.29) is 0 Å². The lowest BCUT2D eigenvalue weighted by atomic mass is 10.1. The topological polar surface area (TPSA) is 38.1 Å². The largest absolute Gasteiger partial charge is 0.338 e. The van der Waals surface area contributed by atoms with E-state index in [0.29, 0.717) is 24.4 Å². The van der Waals surface area contributed by atoms with E-state index >= 15 is 0 Å². The average Bonchev–Trinajstić information content (AvgIpc) is 2.85. The minimum atomic E-state index is 0.291. The number of hydrogen-bond donors (Lipinski definition) is 0. The lowest BCUT2D eigenvalue weighted by Crippen LogP contribution is -2.41. The van der Waals surface area contributed by atoms with Crippen LogP contribution in [-0.2, 0) is 11.3 Å². The summed E-state index contributed by atoms with van der Waals surface area (Å²) in [6.07, 6.45) is 11.5. The zero-order valence-electron chi connectivity index (χ0n) is 13.3. The zero-order valence-corrected chi connectivity index (χ0v) is 13.3. The van der Waals surface area contributed by atoms with Gasteiger partial charge in [-0.1, -0.05) is 12.8 Å². The second-order valence-electron chi connectivity index (χ2n) is 5.89. The predicted octanol–water partition coefficient (Wildman–Crippen LogP) is 3.28. The summed E-state index contributed by atoms with van der Waals surface area (Å²) in [5, 5.41) is 0. The number of carbonyl (C=O) groups excluding carboxylic acids is 1. The van der Waals surface area contributed by atoms with Gasteiger partial charge in [-0.3, -0.25) is 4.79 Å². The first-order valence-electron chi connectivity index (χ1n) is 7.71.